The van der Waals surface area contributed by atoms with E-state index in [-0.39, 0.29) is 18.1 Å². The molecule has 0 aliphatic heterocycles. The number of hydrogen-bond donors (Lipinski definition) is 2. The highest BCUT2D eigenvalue weighted by Crippen LogP contribution is 2.25. The Hall–Kier alpha value is -0.120. The van der Waals surface area contributed by atoms with Gasteiger partial charge in [0.25, 0.3) is 0 Å². The van der Waals surface area contributed by atoms with E-state index in [1.54, 1.807) is 0 Å². The van der Waals surface area contributed by atoms with E-state index in [4.69, 9.17) is 10.8 Å². The van der Waals surface area contributed by atoms with Gasteiger partial charge in [-0.25, -0.2) is 0 Å². The Bertz CT molecular complexity index is 124. The van der Waals surface area contributed by atoms with Crippen LogP contribution in [0.5, 0.6) is 0 Å². The van der Waals surface area contributed by atoms with Gasteiger partial charge < -0.3 is 15.7 Å². The Balaban J connectivity index is 4.47. The van der Waals surface area contributed by atoms with E-state index < -0.39 is 0 Å². The molecule has 0 saturated heterocycles. The average molecular weight is 174 g/mol. The largest absolute Gasteiger partial charge is 0.396 e. The van der Waals surface area contributed by atoms with Crippen LogP contribution in [0.1, 0.15) is 20.3 Å². The summed E-state index contributed by atoms with van der Waals surface area (Å²) in [6.45, 7) is 4.97. The van der Waals surface area contributed by atoms with Gasteiger partial charge in [0.15, 0.2) is 0 Å². The lowest BCUT2D eigenvalue weighted by Crippen LogP contribution is -2.51. The first-order chi connectivity index (χ1) is 5.52. The van der Waals surface area contributed by atoms with E-state index in [9.17, 15) is 0 Å². The second-order valence-corrected chi connectivity index (χ2v) is 3.72. The van der Waals surface area contributed by atoms with E-state index in [1.807, 2.05) is 14.1 Å². The molecule has 3 heteroatoms. The summed E-state index contributed by atoms with van der Waals surface area (Å²) in [5.74, 6) is 0.164. The summed E-state index contributed by atoms with van der Waals surface area (Å²) in [6, 6.07) is 0. The molecule has 2 unspecified atom stereocenters. The van der Waals surface area contributed by atoms with E-state index >= 15 is 0 Å². The molecular formula is C9H22N2O. The summed E-state index contributed by atoms with van der Waals surface area (Å²) in [5.41, 5.74) is 5.61. The molecule has 0 aliphatic carbocycles. The van der Waals surface area contributed by atoms with Gasteiger partial charge in [0.2, 0.25) is 0 Å². The summed E-state index contributed by atoms with van der Waals surface area (Å²) in [7, 11) is 4.06. The first kappa shape index (κ1) is 11.9. The van der Waals surface area contributed by atoms with Crippen LogP contribution in [0.3, 0.4) is 0 Å². The number of nitrogens with two attached hydrogens (primary N) is 1. The Labute approximate surface area is 75.6 Å². The molecule has 0 rings (SSSR count). The highest BCUT2D eigenvalue weighted by Gasteiger charge is 2.32. The van der Waals surface area contributed by atoms with Gasteiger partial charge in [-0.1, -0.05) is 6.92 Å². The fraction of sp³-hybridized carbons (Fsp3) is 1.00. The predicted octanol–water partition coefficient (Wildman–Crippen LogP) is 0.284. The maximum absolute atomic E-state index is 9.13. The summed E-state index contributed by atoms with van der Waals surface area (Å²) >= 11 is 0. The SMILES string of the molecule is CCC(C)(C(CN)CO)N(C)C. The lowest BCUT2D eigenvalue weighted by Gasteiger charge is -2.41. The van der Waals surface area contributed by atoms with Crippen LogP contribution >= 0.6 is 0 Å². The maximum Gasteiger partial charge on any atom is 0.0488 e. The van der Waals surface area contributed by atoms with E-state index in [0.29, 0.717) is 6.54 Å². The average Bonchev–Trinajstić information content (AvgIpc) is 2.05. The number of aliphatic hydroxyl groups is 1. The van der Waals surface area contributed by atoms with Crippen LogP contribution in [0.2, 0.25) is 0 Å². The second kappa shape index (κ2) is 4.80. The van der Waals surface area contributed by atoms with E-state index in [1.165, 1.54) is 0 Å². The van der Waals surface area contributed by atoms with Crippen molar-refractivity contribution in [2.24, 2.45) is 11.7 Å². The van der Waals surface area contributed by atoms with Crippen LogP contribution < -0.4 is 5.73 Å². The Kier molecular flexibility index (Phi) is 4.75. The van der Waals surface area contributed by atoms with Crippen LogP contribution in [0.15, 0.2) is 0 Å². The maximum atomic E-state index is 9.13. The van der Waals surface area contributed by atoms with Gasteiger partial charge in [-0.3, -0.25) is 0 Å². The fourth-order valence-corrected chi connectivity index (χ4v) is 1.50. The third kappa shape index (κ3) is 2.19. The smallest absolute Gasteiger partial charge is 0.0488 e. The van der Waals surface area contributed by atoms with Crippen LogP contribution in [0.4, 0.5) is 0 Å². The second-order valence-electron chi connectivity index (χ2n) is 3.72. The minimum Gasteiger partial charge on any atom is -0.396 e. The topological polar surface area (TPSA) is 49.5 Å². The molecule has 3 nitrogen and oxygen atoms in total. The highest BCUT2D eigenvalue weighted by atomic mass is 16.3. The molecule has 0 heterocycles. The van der Waals surface area contributed by atoms with Crippen LogP contribution in [0, 0.1) is 5.92 Å². The zero-order valence-electron chi connectivity index (χ0n) is 8.67. The molecule has 0 aliphatic rings. The standard InChI is InChI=1S/C9H22N2O/c1-5-9(2,11(3)4)8(6-10)7-12/h8,12H,5-7,10H2,1-4H3. The number of hydrogen-bond acceptors (Lipinski definition) is 3. The van der Waals surface area contributed by atoms with Crippen molar-refractivity contribution in [3.05, 3.63) is 0 Å². The quantitative estimate of drug-likeness (QED) is 0.629. The van der Waals surface area contributed by atoms with Crippen LogP contribution in [0.25, 0.3) is 0 Å². The molecule has 3 N–H and O–H groups in total. The van der Waals surface area contributed by atoms with Gasteiger partial charge in [-0.2, -0.15) is 0 Å². The van der Waals surface area contributed by atoms with Gasteiger partial charge in [-0.15, -0.1) is 0 Å². The van der Waals surface area contributed by atoms with Gasteiger partial charge in [-0.05, 0) is 34.0 Å². The number of aliphatic hydroxyl groups excluding tert-OH is 1. The lowest BCUT2D eigenvalue weighted by atomic mass is 9.82. The van der Waals surface area contributed by atoms with Crippen molar-refractivity contribution < 1.29 is 5.11 Å². The van der Waals surface area contributed by atoms with Gasteiger partial charge >= 0.3 is 0 Å². The predicted molar refractivity (Wildman–Crippen MR) is 52.0 cm³/mol. The van der Waals surface area contributed by atoms with Crippen LogP contribution in [-0.2, 0) is 0 Å². The Morgan fingerprint density at radius 3 is 2.08 bits per heavy atom. The highest BCUT2D eigenvalue weighted by molar-refractivity contribution is 4.89. The molecule has 0 fully saturated rings. The first-order valence-corrected chi connectivity index (χ1v) is 4.51. The first-order valence-electron chi connectivity index (χ1n) is 4.51. The third-order valence-corrected chi connectivity index (χ3v) is 3.12. The summed E-state index contributed by atoms with van der Waals surface area (Å²) < 4.78 is 0. The van der Waals surface area contributed by atoms with Gasteiger partial charge in [0.1, 0.15) is 0 Å². The lowest BCUT2D eigenvalue weighted by molar-refractivity contribution is 0.0555. The van der Waals surface area contributed by atoms with Crippen molar-refractivity contribution in [1.29, 1.82) is 0 Å². The fourth-order valence-electron chi connectivity index (χ4n) is 1.50. The summed E-state index contributed by atoms with van der Waals surface area (Å²) in [5, 5.41) is 9.13. The molecule has 0 amide bonds. The molecule has 0 aromatic rings. The molecule has 0 spiro atoms. The molecule has 2 atom stereocenters. The molecule has 0 bridgehead atoms. The normalized spacial score (nSPS) is 19.2. The number of nitrogens with zero attached hydrogens (tertiary/aromatic N) is 1. The zero-order chi connectivity index (χ0) is 9.78. The summed E-state index contributed by atoms with van der Waals surface area (Å²) in [6.07, 6.45) is 1.00. The van der Waals surface area contributed by atoms with Crippen molar-refractivity contribution in [1.82, 2.24) is 4.90 Å². The summed E-state index contributed by atoms with van der Waals surface area (Å²) in [4.78, 5) is 2.14. The Morgan fingerprint density at radius 2 is 2.00 bits per heavy atom. The molecule has 0 aromatic heterocycles. The molecule has 0 aromatic carbocycles. The van der Waals surface area contributed by atoms with Crippen molar-refractivity contribution in [2.75, 3.05) is 27.2 Å². The molecular weight excluding hydrogens is 152 g/mol. The Morgan fingerprint density at radius 1 is 1.50 bits per heavy atom. The third-order valence-electron chi connectivity index (χ3n) is 3.12. The molecule has 74 valence electrons. The zero-order valence-corrected chi connectivity index (χ0v) is 8.67. The molecule has 0 radical (unpaired) electrons. The number of rotatable bonds is 5. The monoisotopic (exact) mass is 174 g/mol. The van der Waals surface area contributed by atoms with Crippen molar-refractivity contribution >= 4 is 0 Å². The van der Waals surface area contributed by atoms with E-state index in [0.717, 1.165) is 6.42 Å². The van der Waals surface area contributed by atoms with Gasteiger partial charge in [0, 0.05) is 18.1 Å². The van der Waals surface area contributed by atoms with Crippen molar-refractivity contribution in [2.45, 2.75) is 25.8 Å². The minimum atomic E-state index is 0.0174. The van der Waals surface area contributed by atoms with Gasteiger partial charge in [0.05, 0.1) is 0 Å². The minimum absolute atomic E-state index is 0.0174. The van der Waals surface area contributed by atoms with Crippen LogP contribution in [-0.4, -0.2) is 42.8 Å². The van der Waals surface area contributed by atoms with Crippen molar-refractivity contribution in [3.8, 4) is 0 Å². The molecule has 12 heavy (non-hydrogen) atoms. The molecule has 0 saturated carbocycles. The van der Waals surface area contributed by atoms with E-state index in [2.05, 4.69) is 18.7 Å². The van der Waals surface area contributed by atoms with Crippen molar-refractivity contribution in [3.63, 3.8) is 0 Å².